The van der Waals surface area contributed by atoms with Crippen molar-refractivity contribution >= 4 is 17.4 Å². The predicted molar refractivity (Wildman–Crippen MR) is 99.5 cm³/mol. The van der Waals surface area contributed by atoms with E-state index in [-0.39, 0.29) is 18.8 Å². The van der Waals surface area contributed by atoms with Crippen LogP contribution in [0.5, 0.6) is 0 Å². The first-order valence-corrected chi connectivity index (χ1v) is 8.55. The smallest absolute Gasteiger partial charge is 0.163 e. The first-order chi connectivity index (χ1) is 12.1. The molecular formula is C18H25ClN4O2. The van der Waals surface area contributed by atoms with Gasteiger partial charge >= 0.3 is 0 Å². The second-order valence-corrected chi connectivity index (χ2v) is 5.99. The van der Waals surface area contributed by atoms with Crippen molar-refractivity contribution in [1.82, 2.24) is 10.3 Å². The number of aliphatic hydroxyl groups is 1. The third kappa shape index (κ3) is 5.45. The Bertz CT molecular complexity index is 643. The Labute approximate surface area is 154 Å². The standard InChI is InChI=1S/C17H24ClN3O2.CHN/c1-4-14(17(19-3)21-11(2)8-10-22)23-15-6-5-12-13(18)7-9-20-16(12)15;1-2/h4,7,9,11,15,22H,5-6,8,10H2,1-3H3,(H,19,21);1H/b14-4+;/t11-,15-;/m0./s1. The summed E-state index contributed by atoms with van der Waals surface area (Å²) in [5.74, 6) is 1.38. The first-order valence-electron chi connectivity index (χ1n) is 8.17. The molecule has 0 fully saturated rings. The number of aliphatic hydroxyl groups excluding tert-OH is 1. The van der Waals surface area contributed by atoms with Gasteiger partial charge in [0.15, 0.2) is 11.6 Å². The molecule has 1 aromatic rings. The molecule has 1 heterocycles. The number of aliphatic imine (C=N–C) groups is 1. The van der Waals surface area contributed by atoms with Gasteiger partial charge in [0.2, 0.25) is 0 Å². The van der Waals surface area contributed by atoms with Gasteiger partial charge < -0.3 is 15.2 Å². The van der Waals surface area contributed by atoms with E-state index in [2.05, 4.69) is 21.9 Å². The minimum Gasteiger partial charge on any atom is -0.481 e. The van der Waals surface area contributed by atoms with Crippen molar-refractivity contribution in [3.8, 4) is 6.57 Å². The summed E-state index contributed by atoms with van der Waals surface area (Å²) in [5, 5.41) is 19.6. The number of allylic oxidation sites excluding steroid dienone is 1. The summed E-state index contributed by atoms with van der Waals surface area (Å²) in [6.07, 6.45) is 5.88. The molecule has 25 heavy (non-hydrogen) atoms. The lowest BCUT2D eigenvalue weighted by Gasteiger charge is -2.21. The Balaban J connectivity index is 0.00000151. The number of hydrogen-bond donors (Lipinski definition) is 2. The topological polar surface area (TPSA) is 90.5 Å². The van der Waals surface area contributed by atoms with Crippen molar-refractivity contribution in [3.05, 3.63) is 40.4 Å². The van der Waals surface area contributed by atoms with Crippen LogP contribution in [0.1, 0.15) is 44.1 Å². The van der Waals surface area contributed by atoms with E-state index in [9.17, 15) is 0 Å². The van der Waals surface area contributed by atoms with Crippen molar-refractivity contribution in [2.75, 3.05) is 13.7 Å². The summed E-state index contributed by atoms with van der Waals surface area (Å²) in [6, 6.07) is 1.93. The fourth-order valence-electron chi connectivity index (χ4n) is 2.69. The van der Waals surface area contributed by atoms with Crippen LogP contribution < -0.4 is 5.32 Å². The SMILES string of the molecule is C#N.C/C=C(/O[C@H]1CCc2c(Cl)ccnc21)C(=NC)N[C@@H](C)CCO. The molecular weight excluding hydrogens is 340 g/mol. The highest BCUT2D eigenvalue weighted by molar-refractivity contribution is 6.31. The van der Waals surface area contributed by atoms with E-state index >= 15 is 0 Å². The number of hydrogen-bond acceptors (Lipinski definition) is 5. The molecule has 6 nitrogen and oxygen atoms in total. The molecule has 0 aromatic carbocycles. The number of nitriles is 1. The van der Waals surface area contributed by atoms with Gasteiger partial charge in [0, 0.05) is 37.5 Å². The maximum atomic E-state index is 9.04. The zero-order valence-corrected chi connectivity index (χ0v) is 15.6. The number of ether oxygens (including phenoxy) is 1. The largest absolute Gasteiger partial charge is 0.481 e. The molecule has 0 spiro atoms. The zero-order valence-electron chi connectivity index (χ0n) is 14.9. The average Bonchev–Trinajstić information content (AvgIpc) is 3.04. The molecule has 2 rings (SSSR count). The van der Waals surface area contributed by atoms with E-state index < -0.39 is 0 Å². The van der Waals surface area contributed by atoms with Gasteiger partial charge in [-0.1, -0.05) is 11.6 Å². The van der Waals surface area contributed by atoms with Gasteiger partial charge in [-0.25, -0.2) is 5.26 Å². The maximum Gasteiger partial charge on any atom is 0.163 e. The van der Waals surface area contributed by atoms with Crippen molar-refractivity contribution in [3.63, 3.8) is 0 Å². The third-order valence-corrected chi connectivity index (χ3v) is 4.28. The fraction of sp³-hybridized carbons (Fsp3) is 0.500. The van der Waals surface area contributed by atoms with Crippen LogP contribution >= 0.6 is 11.6 Å². The summed E-state index contributed by atoms with van der Waals surface area (Å²) >= 11 is 6.23. The monoisotopic (exact) mass is 364 g/mol. The molecule has 2 atom stereocenters. The van der Waals surface area contributed by atoms with Crippen LogP contribution in [0.4, 0.5) is 0 Å². The number of aromatic nitrogens is 1. The first kappa shape index (κ1) is 20.9. The summed E-state index contributed by atoms with van der Waals surface area (Å²) in [6.45, 7) is 7.55. The second kappa shape index (κ2) is 10.7. The van der Waals surface area contributed by atoms with Gasteiger partial charge in [-0.15, -0.1) is 0 Å². The molecule has 0 unspecified atom stereocenters. The lowest BCUT2D eigenvalue weighted by atomic mass is 10.2. The van der Waals surface area contributed by atoms with Gasteiger partial charge in [-0.3, -0.25) is 9.98 Å². The second-order valence-electron chi connectivity index (χ2n) is 5.58. The van der Waals surface area contributed by atoms with Crippen molar-refractivity contribution in [2.45, 2.75) is 45.3 Å². The molecule has 0 bridgehead atoms. The lowest BCUT2D eigenvalue weighted by molar-refractivity contribution is 0.127. The number of nitrogens with zero attached hydrogens (tertiary/aromatic N) is 3. The summed E-state index contributed by atoms with van der Waals surface area (Å²) in [5.41, 5.74) is 1.99. The number of nitrogens with one attached hydrogen (secondary N) is 1. The lowest BCUT2D eigenvalue weighted by Crippen LogP contribution is -2.35. The highest BCUT2D eigenvalue weighted by Gasteiger charge is 2.28. The normalized spacial score (nSPS) is 18.0. The highest BCUT2D eigenvalue weighted by atomic mass is 35.5. The van der Waals surface area contributed by atoms with E-state index in [4.69, 9.17) is 26.7 Å². The Morgan fingerprint density at radius 1 is 1.64 bits per heavy atom. The van der Waals surface area contributed by atoms with Crippen LogP contribution in [0, 0.1) is 11.8 Å². The number of amidine groups is 1. The van der Waals surface area contributed by atoms with E-state index in [1.807, 2.05) is 26.0 Å². The van der Waals surface area contributed by atoms with Crippen molar-refractivity contribution in [2.24, 2.45) is 4.99 Å². The minimum atomic E-state index is -0.110. The summed E-state index contributed by atoms with van der Waals surface area (Å²) in [4.78, 5) is 8.72. The number of pyridine rings is 1. The molecule has 7 heteroatoms. The van der Waals surface area contributed by atoms with Crippen molar-refractivity contribution in [1.29, 1.82) is 5.26 Å². The number of fused-ring (bicyclic) bond motifs is 1. The molecule has 0 amide bonds. The number of halogens is 1. The molecule has 0 radical (unpaired) electrons. The van der Waals surface area contributed by atoms with E-state index in [1.54, 1.807) is 13.2 Å². The zero-order chi connectivity index (χ0) is 18.8. The Morgan fingerprint density at radius 2 is 2.36 bits per heavy atom. The molecule has 1 aromatic heterocycles. The molecule has 0 saturated heterocycles. The van der Waals surface area contributed by atoms with E-state index in [0.717, 1.165) is 29.1 Å². The Kier molecular flexibility index (Phi) is 8.96. The Morgan fingerprint density at radius 3 is 2.96 bits per heavy atom. The van der Waals surface area contributed by atoms with Crippen LogP contribution in [0.15, 0.2) is 29.1 Å². The van der Waals surface area contributed by atoms with Crippen LogP contribution in [0.25, 0.3) is 0 Å². The van der Waals surface area contributed by atoms with Crippen LogP contribution in [-0.2, 0) is 11.2 Å². The minimum absolute atomic E-state index is 0.110. The van der Waals surface area contributed by atoms with Gasteiger partial charge in [0.1, 0.15) is 6.10 Å². The van der Waals surface area contributed by atoms with E-state index in [1.165, 1.54) is 0 Å². The van der Waals surface area contributed by atoms with Crippen LogP contribution in [0.3, 0.4) is 0 Å². The Hall–Kier alpha value is -2.10. The molecule has 136 valence electrons. The fourth-order valence-corrected chi connectivity index (χ4v) is 2.94. The average molecular weight is 365 g/mol. The molecule has 0 aliphatic heterocycles. The van der Waals surface area contributed by atoms with Gasteiger partial charge in [0.05, 0.1) is 5.69 Å². The highest BCUT2D eigenvalue weighted by Crippen LogP contribution is 2.37. The molecule has 2 N–H and O–H groups in total. The molecule has 1 aliphatic rings. The third-order valence-electron chi connectivity index (χ3n) is 3.93. The molecule has 1 aliphatic carbocycles. The van der Waals surface area contributed by atoms with Crippen molar-refractivity contribution < 1.29 is 9.84 Å². The van der Waals surface area contributed by atoms with Gasteiger partial charge in [-0.2, -0.15) is 0 Å². The molecule has 0 saturated carbocycles. The summed E-state index contributed by atoms with van der Waals surface area (Å²) < 4.78 is 6.16. The predicted octanol–water partition coefficient (Wildman–Crippen LogP) is 3.17. The number of rotatable bonds is 6. The van der Waals surface area contributed by atoms with E-state index in [0.29, 0.717) is 18.0 Å². The van der Waals surface area contributed by atoms with Gasteiger partial charge in [-0.05, 0) is 50.8 Å². The van der Waals surface area contributed by atoms with Crippen LogP contribution in [0.2, 0.25) is 5.02 Å². The maximum absolute atomic E-state index is 9.04. The quantitative estimate of drug-likeness (QED) is 0.459. The summed E-state index contributed by atoms with van der Waals surface area (Å²) in [7, 11) is 1.72. The van der Waals surface area contributed by atoms with Gasteiger partial charge in [0.25, 0.3) is 0 Å². The van der Waals surface area contributed by atoms with Crippen LogP contribution in [-0.4, -0.2) is 35.6 Å².